The van der Waals surface area contributed by atoms with Gasteiger partial charge in [0.25, 0.3) is 0 Å². The summed E-state index contributed by atoms with van der Waals surface area (Å²) in [6.07, 6.45) is 2.95. The Morgan fingerprint density at radius 1 is 1.33 bits per heavy atom. The van der Waals surface area contributed by atoms with Gasteiger partial charge >= 0.3 is 0 Å². The van der Waals surface area contributed by atoms with Gasteiger partial charge in [-0.05, 0) is 41.9 Å². The van der Waals surface area contributed by atoms with E-state index in [1.54, 1.807) is 6.07 Å². The standard InChI is InChI=1S/C16H17BrN6O/c1-8(2)24-13-5-11(19)9(6-18)3-12(13)22-15-10-4-14(17)23-16(10)21-7-20-15/h3-8,18H,19H2,1-2H3,(H2,20,21,22,23)/p+1. The van der Waals surface area contributed by atoms with Gasteiger partial charge < -0.3 is 20.8 Å². The van der Waals surface area contributed by atoms with Gasteiger partial charge in [0.05, 0.1) is 27.3 Å². The number of H-pyrrole nitrogens is 1. The molecule has 0 unspecified atom stereocenters. The number of aromatic amines is 1. The molecule has 0 fully saturated rings. The number of hydrogen-bond donors (Lipinski definition) is 4. The summed E-state index contributed by atoms with van der Waals surface area (Å²) in [6, 6.07) is 5.50. The van der Waals surface area contributed by atoms with Crippen molar-refractivity contribution in [1.82, 2.24) is 15.0 Å². The van der Waals surface area contributed by atoms with Crippen LogP contribution in [-0.2, 0) is 0 Å². The lowest BCUT2D eigenvalue weighted by Gasteiger charge is -2.17. The number of nitrogens with one attached hydrogen (secondary N) is 2. The van der Waals surface area contributed by atoms with Gasteiger partial charge in [-0.3, -0.25) is 5.41 Å². The lowest BCUT2D eigenvalue weighted by atomic mass is 10.1. The van der Waals surface area contributed by atoms with E-state index in [2.05, 4.69) is 36.2 Å². The largest absolute Gasteiger partial charge is 0.489 e. The van der Waals surface area contributed by atoms with Crippen LogP contribution in [0, 0.1) is 0 Å². The average molecular weight is 390 g/mol. The second kappa shape index (κ2) is 6.48. The normalized spacial score (nSPS) is 11.0. The third-order valence-electron chi connectivity index (χ3n) is 3.37. The van der Waals surface area contributed by atoms with Crippen LogP contribution in [-0.4, -0.2) is 27.3 Å². The maximum absolute atomic E-state index is 6.01. The van der Waals surface area contributed by atoms with Crippen LogP contribution in [0.1, 0.15) is 19.4 Å². The predicted octanol–water partition coefficient (Wildman–Crippen LogP) is 2.01. The zero-order valence-corrected chi connectivity index (χ0v) is 14.9. The molecule has 0 atom stereocenters. The Kier molecular flexibility index (Phi) is 4.39. The Hall–Kier alpha value is -2.61. The van der Waals surface area contributed by atoms with Crippen LogP contribution in [0.15, 0.2) is 29.1 Å². The number of nitrogens with zero attached hydrogens (tertiary/aromatic N) is 2. The molecule has 3 aromatic rings. The lowest BCUT2D eigenvalue weighted by molar-refractivity contribution is -0.104. The molecule has 0 aliphatic heterocycles. The van der Waals surface area contributed by atoms with Crippen molar-refractivity contribution in [3.05, 3.63) is 34.7 Å². The molecule has 0 saturated carbocycles. The Morgan fingerprint density at radius 2 is 2.12 bits per heavy atom. The minimum absolute atomic E-state index is 0.00415. The van der Waals surface area contributed by atoms with Gasteiger partial charge in [0.2, 0.25) is 0 Å². The lowest BCUT2D eigenvalue weighted by Crippen LogP contribution is -2.30. The van der Waals surface area contributed by atoms with E-state index in [1.807, 2.05) is 26.0 Å². The van der Waals surface area contributed by atoms with Crippen molar-refractivity contribution in [2.24, 2.45) is 0 Å². The van der Waals surface area contributed by atoms with E-state index in [1.165, 1.54) is 12.5 Å². The summed E-state index contributed by atoms with van der Waals surface area (Å²) in [7, 11) is 0. The van der Waals surface area contributed by atoms with Crippen LogP contribution in [0.2, 0.25) is 0 Å². The first-order chi connectivity index (χ1) is 11.5. The molecule has 2 heterocycles. The van der Waals surface area contributed by atoms with E-state index in [-0.39, 0.29) is 6.10 Å². The fourth-order valence-electron chi connectivity index (χ4n) is 2.34. The van der Waals surface area contributed by atoms with Gasteiger partial charge in [-0.25, -0.2) is 9.97 Å². The van der Waals surface area contributed by atoms with Crippen molar-refractivity contribution in [1.29, 1.82) is 0 Å². The molecule has 124 valence electrons. The maximum Gasteiger partial charge on any atom is 0.169 e. The van der Waals surface area contributed by atoms with E-state index < -0.39 is 0 Å². The molecule has 0 amide bonds. The molecule has 0 spiro atoms. The fraction of sp³-hybridized carbons (Fsp3) is 0.188. The van der Waals surface area contributed by atoms with Gasteiger partial charge in [-0.15, -0.1) is 0 Å². The molecule has 0 saturated heterocycles. The first-order valence-electron chi connectivity index (χ1n) is 7.39. The molecule has 24 heavy (non-hydrogen) atoms. The van der Waals surface area contributed by atoms with E-state index in [9.17, 15) is 0 Å². The van der Waals surface area contributed by atoms with E-state index >= 15 is 0 Å². The minimum Gasteiger partial charge on any atom is -0.489 e. The topological polar surface area (TPSA) is 114 Å². The highest BCUT2D eigenvalue weighted by Gasteiger charge is 2.14. The SMILES string of the molecule is CC(C)Oc1cc(N)c(C=[NH2+])cc1Nc1ncnc2[nH]c(Br)cc12. The van der Waals surface area contributed by atoms with Gasteiger partial charge in [-0.2, -0.15) is 0 Å². The zero-order chi connectivity index (χ0) is 17.3. The first-order valence-corrected chi connectivity index (χ1v) is 8.18. The number of nitrogens with two attached hydrogens (primary N) is 2. The molecule has 6 N–H and O–H groups in total. The van der Waals surface area contributed by atoms with Crippen molar-refractivity contribution >= 4 is 50.4 Å². The highest BCUT2D eigenvalue weighted by Crippen LogP contribution is 2.34. The number of fused-ring (bicyclic) bond motifs is 1. The zero-order valence-electron chi connectivity index (χ0n) is 13.3. The third kappa shape index (κ3) is 3.18. The molecule has 2 aromatic heterocycles. The number of hydrogen-bond acceptors (Lipinski definition) is 5. The smallest absolute Gasteiger partial charge is 0.169 e. The van der Waals surface area contributed by atoms with E-state index in [0.29, 0.717) is 22.8 Å². The molecule has 7 nitrogen and oxygen atoms in total. The number of benzene rings is 1. The number of anilines is 3. The Balaban J connectivity index is 2.08. The molecule has 0 radical (unpaired) electrons. The predicted molar refractivity (Wildman–Crippen MR) is 98.6 cm³/mol. The summed E-state index contributed by atoms with van der Waals surface area (Å²) in [5.41, 5.74) is 8.73. The first kappa shape index (κ1) is 16.3. The Labute approximate surface area is 147 Å². The summed E-state index contributed by atoms with van der Waals surface area (Å²) in [5, 5.41) is 9.79. The fourth-order valence-corrected chi connectivity index (χ4v) is 2.76. The van der Waals surface area contributed by atoms with Crippen molar-refractivity contribution in [3.8, 4) is 5.75 Å². The molecule has 0 aliphatic carbocycles. The van der Waals surface area contributed by atoms with Gasteiger partial charge in [0.15, 0.2) is 6.21 Å². The highest BCUT2D eigenvalue weighted by molar-refractivity contribution is 9.10. The molecule has 0 bridgehead atoms. The molecule has 0 aliphatic rings. The van der Waals surface area contributed by atoms with Crippen LogP contribution in [0.25, 0.3) is 11.0 Å². The van der Waals surface area contributed by atoms with Crippen molar-refractivity contribution in [2.45, 2.75) is 20.0 Å². The van der Waals surface area contributed by atoms with E-state index in [4.69, 9.17) is 15.9 Å². The molecule has 1 aromatic carbocycles. The summed E-state index contributed by atoms with van der Waals surface area (Å²) >= 11 is 3.41. The number of halogens is 1. The molecule has 8 heteroatoms. The van der Waals surface area contributed by atoms with Gasteiger partial charge in [0, 0.05) is 11.8 Å². The average Bonchev–Trinajstić information content (AvgIpc) is 2.90. The van der Waals surface area contributed by atoms with Crippen LogP contribution < -0.4 is 21.2 Å². The second-order valence-electron chi connectivity index (χ2n) is 5.54. The van der Waals surface area contributed by atoms with Gasteiger partial charge in [0.1, 0.15) is 23.5 Å². The highest BCUT2D eigenvalue weighted by atomic mass is 79.9. The Morgan fingerprint density at radius 3 is 2.83 bits per heavy atom. The van der Waals surface area contributed by atoms with Crippen LogP contribution in [0.5, 0.6) is 5.75 Å². The number of rotatable bonds is 5. The minimum atomic E-state index is 0.00415. The molecule has 3 rings (SSSR count). The van der Waals surface area contributed by atoms with Crippen molar-refractivity contribution in [2.75, 3.05) is 11.1 Å². The van der Waals surface area contributed by atoms with Crippen LogP contribution in [0.4, 0.5) is 17.2 Å². The summed E-state index contributed by atoms with van der Waals surface area (Å²) in [6.45, 7) is 3.91. The Bertz CT molecular complexity index is 905. The van der Waals surface area contributed by atoms with Crippen molar-refractivity contribution in [3.63, 3.8) is 0 Å². The van der Waals surface area contributed by atoms with Crippen LogP contribution in [0.3, 0.4) is 0 Å². The summed E-state index contributed by atoms with van der Waals surface area (Å²) in [5.74, 6) is 1.29. The molecular weight excluding hydrogens is 372 g/mol. The van der Waals surface area contributed by atoms with Crippen LogP contribution >= 0.6 is 15.9 Å². The number of nitrogen functional groups attached to an aromatic ring is 1. The van der Waals surface area contributed by atoms with Gasteiger partial charge in [-0.1, -0.05) is 0 Å². The maximum atomic E-state index is 6.01. The van der Waals surface area contributed by atoms with Crippen molar-refractivity contribution < 1.29 is 10.1 Å². The summed E-state index contributed by atoms with van der Waals surface area (Å²) in [4.78, 5) is 11.6. The second-order valence-corrected chi connectivity index (χ2v) is 6.39. The number of ether oxygens (including phenoxy) is 1. The van der Waals surface area contributed by atoms with E-state index in [0.717, 1.165) is 21.3 Å². The summed E-state index contributed by atoms with van der Waals surface area (Å²) < 4.78 is 6.68. The number of aromatic nitrogens is 3. The monoisotopic (exact) mass is 389 g/mol. The quantitative estimate of drug-likeness (QED) is 0.393. The molecular formula is C16H18BrN6O+. The third-order valence-corrected chi connectivity index (χ3v) is 3.80.